The van der Waals surface area contributed by atoms with E-state index in [4.69, 9.17) is 5.11 Å². The molecule has 0 heterocycles. The van der Waals surface area contributed by atoms with Crippen molar-refractivity contribution in [1.82, 2.24) is 5.32 Å². The molecule has 0 fully saturated rings. The molecule has 0 bridgehead atoms. The van der Waals surface area contributed by atoms with Gasteiger partial charge in [-0.1, -0.05) is 25.8 Å². The van der Waals surface area contributed by atoms with E-state index in [1.165, 1.54) is 6.08 Å². The maximum absolute atomic E-state index is 10.3. The minimum absolute atomic E-state index is 0.651. The minimum Gasteiger partial charge on any atom is -0.478 e. The fraction of sp³-hybridized carbons (Fsp3) is 0.700. The molecule has 76 valence electrons. The third-order valence-electron chi connectivity index (χ3n) is 1.96. The highest BCUT2D eigenvalue weighted by atomic mass is 16.4. The molecular weight excluding hydrogens is 166 g/mol. The van der Waals surface area contributed by atoms with Crippen LogP contribution in [0, 0.1) is 5.92 Å². The van der Waals surface area contributed by atoms with Crippen LogP contribution in [0.5, 0.6) is 0 Å². The van der Waals surface area contributed by atoms with Crippen LogP contribution >= 0.6 is 0 Å². The highest BCUT2D eigenvalue weighted by molar-refractivity contribution is 5.80. The van der Waals surface area contributed by atoms with Gasteiger partial charge in [0.05, 0.1) is 0 Å². The Morgan fingerprint density at radius 1 is 1.62 bits per heavy atom. The SMILES string of the molecule is CCC(C)CNCC(C)=CC(=O)O. The van der Waals surface area contributed by atoms with Gasteiger partial charge in [0.15, 0.2) is 0 Å². The number of nitrogens with one attached hydrogen (secondary N) is 1. The van der Waals surface area contributed by atoms with Crippen molar-refractivity contribution in [3.05, 3.63) is 11.6 Å². The van der Waals surface area contributed by atoms with Crippen LogP contribution in [0.15, 0.2) is 11.6 Å². The monoisotopic (exact) mass is 185 g/mol. The van der Waals surface area contributed by atoms with Crippen LogP contribution in [0.2, 0.25) is 0 Å². The van der Waals surface area contributed by atoms with E-state index < -0.39 is 5.97 Å². The van der Waals surface area contributed by atoms with Crippen molar-refractivity contribution >= 4 is 5.97 Å². The van der Waals surface area contributed by atoms with Crippen molar-refractivity contribution in [1.29, 1.82) is 0 Å². The summed E-state index contributed by atoms with van der Waals surface area (Å²) < 4.78 is 0. The van der Waals surface area contributed by atoms with Gasteiger partial charge in [-0.2, -0.15) is 0 Å². The number of hydrogen-bond donors (Lipinski definition) is 2. The number of rotatable bonds is 6. The Morgan fingerprint density at radius 2 is 2.23 bits per heavy atom. The summed E-state index contributed by atoms with van der Waals surface area (Å²) in [6, 6.07) is 0. The third-order valence-corrected chi connectivity index (χ3v) is 1.96. The number of carboxylic acids is 1. The molecule has 0 radical (unpaired) electrons. The Bertz CT molecular complexity index is 187. The van der Waals surface area contributed by atoms with Gasteiger partial charge < -0.3 is 10.4 Å². The zero-order chi connectivity index (χ0) is 10.3. The summed E-state index contributed by atoms with van der Waals surface area (Å²) in [7, 11) is 0. The minimum atomic E-state index is -0.872. The molecule has 0 rings (SSSR count). The lowest BCUT2D eigenvalue weighted by Crippen LogP contribution is -2.22. The summed E-state index contributed by atoms with van der Waals surface area (Å²) >= 11 is 0. The molecule has 0 aromatic heterocycles. The van der Waals surface area contributed by atoms with E-state index in [2.05, 4.69) is 19.2 Å². The van der Waals surface area contributed by atoms with Crippen LogP contribution in [0.4, 0.5) is 0 Å². The summed E-state index contributed by atoms with van der Waals surface area (Å²) in [5, 5.41) is 11.6. The van der Waals surface area contributed by atoms with Gasteiger partial charge in [-0.05, 0) is 19.4 Å². The molecule has 0 aliphatic carbocycles. The largest absolute Gasteiger partial charge is 0.478 e. The van der Waals surface area contributed by atoms with Gasteiger partial charge >= 0.3 is 5.97 Å². The predicted octanol–water partition coefficient (Wildman–Crippen LogP) is 1.65. The Morgan fingerprint density at radius 3 is 2.69 bits per heavy atom. The van der Waals surface area contributed by atoms with Crippen LogP contribution in [0.1, 0.15) is 27.2 Å². The summed E-state index contributed by atoms with van der Waals surface area (Å²) in [6.45, 7) is 7.74. The van der Waals surface area contributed by atoms with Gasteiger partial charge in [0, 0.05) is 12.6 Å². The summed E-state index contributed by atoms with van der Waals surface area (Å²) in [6.07, 6.45) is 2.39. The first-order chi connectivity index (χ1) is 6.06. The van der Waals surface area contributed by atoms with Crippen LogP contribution in [0.3, 0.4) is 0 Å². The third kappa shape index (κ3) is 7.53. The summed E-state index contributed by atoms with van der Waals surface area (Å²) in [4.78, 5) is 10.3. The zero-order valence-corrected chi connectivity index (χ0v) is 8.63. The van der Waals surface area contributed by atoms with E-state index in [-0.39, 0.29) is 0 Å². The van der Waals surface area contributed by atoms with Crippen molar-refractivity contribution in [3.63, 3.8) is 0 Å². The maximum atomic E-state index is 10.3. The van der Waals surface area contributed by atoms with Gasteiger partial charge in [0.25, 0.3) is 0 Å². The molecule has 3 nitrogen and oxygen atoms in total. The first kappa shape index (κ1) is 12.2. The Labute approximate surface area is 79.8 Å². The summed E-state index contributed by atoms with van der Waals surface area (Å²) in [5.41, 5.74) is 0.857. The van der Waals surface area contributed by atoms with Gasteiger partial charge in [0.1, 0.15) is 0 Å². The molecule has 0 saturated heterocycles. The Hall–Kier alpha value is -0.830. The standard InChI is InChI=1S/C10H19NO2/c1-4-8(2)6-11-7-9(3)5-10(12)13/h5,8,11H,4,6-7H2,1-3H3,(H,12,13). The smallest absolute Gasteiger partial charge is 0.328 e. The average molecular weight is 185 g/mol. The molecule has 0 aliphatic heterocycles. The van der Waals surface area contributed by atoms with Crippen molar-refractivity contribution < 1.29 is 9.90 Å². The lowest BCUT2D eigenvalue weighted by molar-refractivity contribution is -0.131. The second kappa shape index (κ2) is 6.66. The van der Waals surface area contributed by atoms with E-state index in [1.54, 1.807) is 0 Å². The van der Waals surface area contributed by atoms with Crippen LogP contribution in [0.25, 0.3) is 0 Å². The first-order valence-corrected chi connectivity index (χ1v) is 4.67. The molecular formula is C10H19NO2. The van der Waals surface area contributed by atoms with Crippen LogP contribution in [-0.2, 0) is 4.79 Å². The Balaban J connectivity index is 3.59. The lowest BCUT2D eigenvalue weighted by Gasteiger charge is -2.09. The van der Waals surface area contributed by atoms with Crippen molar-refractivity contribution in [2.45, 2.75) is 27.2 Å². The molecule has 3 heteroatoms. The van der Waals surface area contributed by atoms with Crippen molar-refractivity contribution in [2.75, 3.05) is 13.1 Å². The van der Waals surface area contributed by atoms with E-state index in [1.807, 2.05) is 6.92 Å². The molecule has 1 atom stereocenters. The molecule has 0 saturated carbocycles. The quantitative estimate of drug-likeness (QED) is 0.619. The first-order valence-electron chi connectivity index (χ1n) is 4.67. The number of hydrogen-bond acceptors (Lipinski definition) is 2. The van der Waals surface area contributed by atoms with Gasteiger partial charge in [-0.25, -0.2) is 4.79 Å². The topological polar surface area (TPSA) is 49.3 Å². The summed E-state index contributed by atoms with van der Waals surface area (Å²) in [5.74, 6) is -0.222. The Kier molecular flexibility index (Phi) is 6.24. The number of carbonyl (C=O) groups is 1. The van der Waals surface area contributed by atoms with Gasteiger partial charge in [-0.15, -0.1) is 0 Å². The van der Waals surface area contributed by atoms with Crippen molar-refractivity contribution in [2.24, 2.45) is 5.92 Å². The fourth-order valence-corrected chi connectivity index (χ4v) is 0.922. The number of carboxylic acid groups (broad SMARTS) is 1. The molecule has 0 aromatic carbocycles. The average Bonchev–Trinajstić information content (AvgIpc) is 2.02. The normalized spacial score (nSPS) is 14.2. The number of aliphatic carboxylic acids is 1. The molecule has 2 N–H and O–H groups in total. The molecule has 0 spiro atoms. The van der Waals surface area contributed by atoms with E-state index in [0.29, 0.717) is 12.5 Å². The van der Waals surface area contributed by atoms with Crippen molar-refractivity contribution in [3.8, 4) is 0 Å². The van der Waals surface area contributed by atoms with E-state index >= 15 is 0 Å². The van der Waals surface area contributed by atoms with Crippen LogP contribution in [-0.4, -0.2) is 24.2 Å². The predicted molar refractivity (Wildman–Crippen MR) is 53.7 cm³/mol. The molecule has 13 heavy (non-hydrogen) atoms. The second-order valence-corrected chi connectivity index (χ2v) is 3.47. The van der Waals surface area contributed by atoms with E-state index in [0.717, 1.165) is 18.5 Å². The van der Waals surface area contributed by atoms with Gasteiger partial charge in [0.2, 0.25) is 0 Å². The lowest BCUT2D eigenvalue weighted by atomic mass is 10.1. The second-order valence-electron chi connectivity index (χ2n) is 3.47. The van der Waals surface area contributed by atoms with E-state index in [9.17, 15) is 4.79 Å². The fourth-order valence-electron chi connectivity index (χ4n) is 0.922. The maximum Gasteiger partial charge on any atom is 0.328 e. The molecule has 0 aromatic rings. The highest BCUT2D eigenvalue weighted by Crippen LogP contribution is 1.98. The molecule has 1 unspecified atom stereocenters. The molecule has 0 aliphatic rings. The van der Waals surface area contributed by atoms with Crippen LogP contribution < -0.4 is 5.32 Å². The zero-order valence-electron chi connectivity index (χ0n) is 8.63. The molecule has 0 amide bonds. The highest BCUT2D eigenvalue weighted by Gasteiger charge is 1.98. The van der Waals surface area contributed by atoms with Gasteiger partial charge in [-0.3, -0.25) is 0 Å².